The van der Waals surface area contributed by atoms with E-state index in [1.165, 1.54) is 17.8 Å². The SMILES string of the molecule is CCONc1nc(Cl)nc2c1ncn2[C@@H]1O[C@H](COC(C)=O)[C@@H](O)[C@H]1O. The monoisotopic (exact) mass is 387 g/mol. The van der Waals surface area contributed by atoms with Gasteiger partial charge in [-0.3, -0.25) is 14.2 Å². The number of nitrogens with zero attached hydrogens (tertiary/aromatic N) is 4. The number of imidazole rings is 1. The summed E-state index contributed by atoms with van der Waals surface area (Å²) in [5.74, 6) is -0.261. The first kappa shape index (κ1) is 18.7. The van der Waals surface area contributed by atoms with Crippen molar-refractivity contribution in [3.05, 3.63) is 11.6 Å². The summed E-state index contributed by atoms with van der Waals surface area (Å²) in [4.78, 5) is 28.4. The zero-order chi connectivity index (χ0) is 18.8. The third kappa shape index (κ3) is 3.57. The van der Waals surface area contributed by atoms with Gasteiger partial charge in [-0.05, 0) is 18.5 Å². The van der Waals surface area contributed by atoms with Crippen molar-refractivity contribution in [3.63, 3.8) is 0 Å². The number of hydrogen-bond donors (Lipinski definition) is 3. The topological polar surface area (TPSA) is 141 Å². The summed E-state index contributed by atoms with van der Waals surface area (Å²) < 4.78 is 11.9. The van der Waals surface area contributed by atoms with Gasteiger partial charge in [-0.1, -0.05) is 0 Å². The van der Waals surface area contributed by atoms with Crippen molar-refractivity contribution in [1.82, 2.24) is 19.5 Å². The number of fused-ring (bicyclic) bond motifs is 1. The minimum atomic E-state index is -1.29. The van der Waals surface area contributed by atoms with Gasteiger partial charge in [0.2, 0.25) is 5.28 Å². The highest BCUT2D eigenvalue weighted by Gasteiger charge is 2.44. The molecule has 2 aromatic heterocycles. The van der Waals surface area contributed by atoms with Crippen molar-refractivity contribution in [3.8, 4) is 0 Å². The molecule has 11 nitrogen and oxygen atoms in total. The normalized spacial score (nSPS) is 25.6. The number of rotatable bonds is 6. The predicted molar refractivity (Wildman–Crippen MR) is 88.1 cm³/mol. The molecular weight excluding hydrogens is 370 g/mol. The lowest BCUT2D eigenvalue weighted by atomic mass is 10.1. The summed E-state index contributed by atoms with van der Waals surface area (Å²) in [7, 11) is 0. The highest BCUT2D eigenvalue weighted by atomic mass is 35.5. The van der Waals surface area contributed by atoms with Crippen molar-refractivity contribution >= 4 is 34.6 Å². The molecule has 0 unspecified atom stereocenters. The lowest BCUT2D eigenvalue weighted by molar-refractivity contribution is -0.147. The minimum absolute atomic E-state index is 0.0639. The molecule has 26 heavy (non-hydrogen) atoms. The summed E-state index contributed by atoms with van der Waals surface area (Å²) in [5, 5.41) is 20.4. The van der Waals surface area contributed by atoms with E-state index in [0.29, 0.717) is 12.1 Å². The first-order chi connectivity index (χ1) is 12.4. The number of carbonyl (C=O) groups excluding carboxylic acids is 1. The van der Waals surface area contributed by atoms with Gasteiger partial charge in [0.1, 0.15) is 24.9 Å². The molecule has 0 aliphatic carbocycles. The van der Waals surface area contributed by atoms with Crippen LogP contribution in [0.5, 0.6) is 0 Å². The number of halogens is 1. The van der Waals surface area contributed by atoms with Crippen molar-refractivity contribution < 1.29 is 29.3 Å². The highest BCUT2D eigenvalue weighted by molar-refractivity contribution is 6.28. The lowest BCUT2D eigenvalue weighted by Gasteiger charge is -2.16. The van der Waals surface area contributed by atoms with E-state index in [1.54, 1.807) is 6.92 Å². The van der Waals surface area contributed by atoms with Crippen LogP contribution in [0.25, 0.3) is 11.2 Å². The van der Waals surface area contributed by atoms with Crippen LogP contribution in [0.1, 0.15) is 20.1 Å². The fraction of sp³-hybridized carbons (Fsp3) is 0.571. The van der Waals surface area contributed by atoms with Crippen LogP contribution < -0.4 is 5.48 Å². The fourth-order valence-electron chi connectivity index (χ4n) is 2.58. The van der Waals surface area contributed by atoms with Gasteiger partial charge in [0.15, 0.2) is 23.2 Å². The summed E-state index contributed by atoms with van der Waals surface area (Å²) in [6.45, 7) is 3.23. The largest absolute Gasteiger partial charge is 0.463 e. The van der Waals surface area contributed by atoms with Crippen molar-refractivity contribution in [2.45, 2.75) is 38.4 Å². The van der Waals surface area contributed by atoms with Crippen LogP contribution >= 0.6 is 11.6 Å². The first-order valence-corrected chi connectivity index (χ1v) is 8.23. The number of aliphatic hydroxyl groups excluding tert-OH is 2. The highest BCUT2D eigenvalue weighted by Crippen LogP contribution is 2.33. The molecule has 3 N–H and O–H groups in total. The second kappa shape index (κ2) is 7.68. The average Bonchev–Trinajstić information content (AvgIpc) is 3.13. The second-order valence-electron chi connectivity index (χ2n) is 5.55. The van der Waals surface area contributed by atoms with Crippen LogP contribution in [0.4, 0.5) is 5.82 Å². The summed E-state index contributed by atoms with van der Waals surface area (Å²) >= 11 is 5.95. The molecule has 0 aromatic carbocycles. The molecule has 0 saturated carbocycles. The molecule has 12 heteroatoms. The van der Waals surface area contributed by atoms with Gasteiger partial charge in [-0.2, -0.15) is 9.97 Å². The Bertz CT molecular complexity index is 801. The molecule has 3 rings (SSSR count). The molecule has 1 aliphatic heterocycles. The quantitative estimate of drug-likeness (QED) is 0.353. The maximum Gasteiger partial charge on any atom is 0.302 e. The number of nitrogens with one attached hydrogen (secondary N) is 1. The smallest absolute Gasteiger partial charge is 0.302 e. The number of hydrogen-bond acceptors (Lipinski definition) is 10. The zero-order valence-corrected chi connectivity index (χ0v) is 14.8. The standard InChI is InChI=1S/C14H18ClN5O6/c1-3-25-19-11-8-12(18-14(15)17-11)20(5-16-8)13-10(23)9(22)7(26-13)4-24-6(2)21/h5,7,9-10,13,22-23H,3-4H2,1-2H3,(H,17,18,19)/t7-,9-,10-,13-/m1/s1. The maximum atomic E-state index is 10.9. The van der Waals surface area contributed by atoms with Crippen LogP contribution in [-0.2, 0) is 19.1 Å². The Morgan fingerprint density at radius 3 is 2.88 bits per heavy atom. The summed E-state index contributed by atoms with van der Waals surface area (Å²) in [6, 6.07) is 0. The molecule has 3 heterocycles. The van der Waals surface area contributed by atoms with Crippen LogP contribution in [0.15, 0.2) is 6.33 Å². The molecule has 2 aromatic rings. The first-order valence-electron chi connectivity index (χ1n) is 7.85. The number of aliphatic hydroxyl groups is 2. The van der Waals surface area contributed by atoms with E-state index in [2.05, 4.69) is 20.4 Å². The molecule has 1 saturated heterocycles. The number of ether oxygens (including phenoxy) is 2. The zero-order valence-electron chi connectivity index (χ0n) is 14.0. The molecule has 0 spiro atoms. The number of esters is 1. The molecule has 1 aliphatic rings. The number of aromatic nitrogens is 4. The average molecular weight is 388 g/mol. The Morgan fingerprint density at radius 2 is 2.19 bits per heavy atom. The third-order valence-corrected chi connectivity index (χ3v) is 3.94. The molecule has 1 fully saturated rings. The van der Waals surface area contributed by atoms with Gasteiger partial charge in [0.25, 0.3) is 0 Å². The fourth-order valence-corrected chi connectivity index (χ4v) is 2.75. The van der Waals surface area contributed by atoms with Gasteiger partial charge in [-0.15, -0.1) is 0 Å². The van der Waals surface area contributed by atoms with E-state index >= 15 is 0 Å². The van der Waals surface area contributed by atoms with Crippen LogP contribution in [0.2, 0.25) is 5.28 Å². The minimum Gasteiger partial charge on any atom is -0.463 e. The van der Waals surface area contributed by atoms with Gasteiger partial charge in [-0.25, -0.2) is 10.5 Å². The molecule has 0 amide bonds. The predicted octanol–water partition coefficient (Wildman–Crippen LogP) is 0.0254. The van der Waals surface area contributed by atoms with Crippen molar-refractivity contribution in [2.75, 3.05) is 18.7 Å². The second-order valence-corrected chi connectivity index (χ2v) is 5.89. The Hall–Kier alpha value is -2.05. The van der Waals surface area contributed by atoms with Crippen molar-refractivity contribution in [1.29, 1.82) is 0 Å². The summed E-state index contributed by atoms with van der Waals surface area (Å²) in [5.41, 5.74) is 3.24. The Balaban J connectivity index is 1.90. The number of anilines is 1. The van der Waals surface area contributed by atoms with Gasteiger partial charge >= 0.3 is 5.97 Å². The van der Waals surface area contributed by atoms with Crippen molar-refractivity contribution in [2.24, 2.45) is 0 Å². The molecule has 0 radical (unpaired) electrons. The molecular formula is C14H18ClN5O6. The Morgan fingerprint density at radius 1 is 1.42 bits per heavy atom. The van der Waals surface area contributed by atoms with Crippen LogP contribution in [0.3, 0.4) is 0 Å². The van der Waals surface area contributed by atoms with E-state index in [-0.39, 0.29) is 23.4 Å². The Labute approximate surface area is 152 Å². The van der Waals surface area contributed by atoms with E-state index < -0.39 is 30.5 Å². The van der Waals surface area contributed by atoms with E-state index in [1.807, 2.05) is 0 Å². The van der Waals surface area contributed by atoms with Crippen LogP contribution in [0, 0.1) is 0 Å². The van der Waals surface area contributed by atoms with Gasteiger partial charge in [0, 0.05) is 6.92 Å². The van der Waals surface area contributed by atoms with E-state index in [4.69, 9.17) is 25.9 Å². The van der Waals surface area contributed by atoms with E-state index in [0.717, 1.165) is 0 Å². The maximum absolute atomic E-state index is 10.9. The lowest BCUT2D eigenvalue weighted by Crippen LogP contribution is -2.34. The molecule has 142 valence electrons. The van der Waals surface area contributed by atoms with Gasteiger partial charge in [0.05, 0.1) is 12.9 Å². The van der Waals surface area contributed by atoms with E-state index in [9.17, 15) is 15.0 Å². The van der Waals surface area contributed by atoms with Gasteiger partial charge < -0.3 is 19.7 Å². The number of carbonyl (C=O) groups is 1. The molecule has 0 bridgehead atoms. The third-order valence-electron chi connectivity index (χ3n) is 3.77. The Kier molecular flexibility index (Phi) is 5.53. The molecule has 4 atom stereocenters. The van der Waals surface area contributed by atoms with Crippen LogP contribution in [-0.4, -0.2) is 67.2 Å². The summed E-state index contributed by atoms with van der Waals surface area (Å²) in [6.07, 6.45) is -3.06.